The van der Waals surface area contributed by atoms with Crippen molar-refractivity contribution >= 4 is 45.0 Å². The summed E-state index contributed by atoms with van der Waals surface area (Å²) >= 11 is 5.90. The quantitative estimate of drug-likeness (QED) is 0.636. The van der Waals surface area contributed by atoms with E-state index in [0.717, 1.165) is 12.3 Å². The van der Waals surface area contributed by atoms with Gasteiger partial charge in [0.2, 0.25) is 0 Å². The zero-order valence-electron chi connectivity index (χ0n) is 16.1. The number of carbonyl (C=O) groups excluding carboxylic acids is 3. The molecule has 0 saturated heterocycles. The lowest BCUT2D eigenvalue weighted by Crippen LogP contribution is -2.37. The van der Waals surface area contributed by atoms with E-state index in [1.165, 1.54) is 18.2 Å². The third-order valence-electron chi connectivity index (χ3n) is 3.97. The van der Waals surface area contributed by atoms with E-state index in [1.807, 2.05) is 5.32 Å². The summed E-state index contributed by atoms with van der Waals surface area (Å²) in [6.45, 7) is 0.0215. The minimum atomic E-state index is -3.57. The van der Waals surface area contributed by atoms with Crippen LogP contribution in [0.15, 0.2) is 41.3 Å². The summed E-state index contributed by atoms with van der Waals surface area (Å²) in [6, 6.07) is 7.38. The topological polar surface area (TPSA) is 137 Å². The fourth-order valence-corrected chi connectivity index (χ4v) is 3.39. The first-order valence-corrected chi connectivity index (χ1v) is 11.1. The number of hydrogen-bond donors (Lipinski definition) is 2. The summed E-state index contributed by atoms with van der Waals surface area (Å²) in [4.78, 5) is 35.9. The van der Waals surface area contributed by atoms with Crippen molar-refractivity contribution in [2.24, 2.45) is 0 Å². The summed E-state index contributed by atoms with van der Waals surface area (Å²) < 4.78 is 38.8. The predicted octanol–water partition coefficient (Wildman–Crippen LogP) is 2.02. The molecule has 3 rings (SSSR count). The number of benzene rings is 2. The van der Waals surface area contributed by atoms with Gasteiger partial charge >= 0.3 is 12.0 Å². The van der Waals surface area contributed by atoms with Crippen LogP contribution in [-0.4, -0.2) is 52.4 Å². The molecular formula is C19H17ClN2O8S. The Kier molecular flexibility index (Phi) is 6.66. The molecule has 0 unspecified atom stereocenters. The highest BCUT2D eigenvalue weighted by molar-refractivity contribution is 7.90. The fraction of sp³-hybridized carbons (Fsp3) is 0.211. The second-order valence-corrected chi connectivity index (χ2v) is 8.77. The second kappa shape index (κ2) is 9.23. The Labute approximate surface area is 182 Å². The van der Waals surface area contributed by atoms with Gasteiger partial charge in [-0.3, -0.25) is 10.1 Å². The molecule has 164 valence electrons. The monoisotopic (exact) mass is 468 g/mol. The SMILES string of the molecule is CS(=O)(=O)c1ccc(Cl)c(C(=O)OCC(=O)NC(=O)Nc2ccc3c(c2)OCCO3)c1. The van der Waals surface area contributed by atoms with Gasteiger partial charge in [-0.25, -0.2) is 18.0 Å². The van der Waals surface area contributed by atoms with Crippen LogP contribution in [0.25, 0.3) is 0 Å². The van der Waals surface area contributed by atoms with Gasteiger partial charge in [-0.15, -0.1) is 0 Å². The lowest BCUT2D eigenvalue weighted by molar-refractivity contribution is -0.123. The number of nitrogens with one attached hydrogen (secondary N) is 2. The van der Waals surface area contributed by atoms with Gasteiger partial charge in [0.15, 0.2) is 27.9 Å². The molecule has 1 aliphatic rings. The maximum atomic E-state index is 12.2. The molecular weight excluding hydrogens is 452 g/mol. The maximum absolute atomic E-state index is 12.2. The average molecular weight is 469 g/mol. The van der Waals surface area contributed by atoms with Crippen LogP contribution in [-0.2, 0) is 19.4 Å². The van der Waals surface area contributed by atoms with Crippen molar-refractivity contribution in [3.63, 3.8) is 0 Å². The van der Waals surface area contributed by atoms with E-state index in [4.69, 9.17) is 25.8 Å². The standard InChI is InChI=1S/C19H17ClN2O8S/c1-31(26,27)12-3-4-14(20)13(9-12)18(24)30-10-17(23)22-19(25)21-11-2-5-15-16(8-11)29-7-6-28-15/h2-5,8-9H,6-7,10H2,1H3,(H2,21,22,23,25). The van der Waals surface area contributed by atoms with E-state index < -0.39 is 34.4 Å². The van der Waals surface area contributed by atoms with Gasteiger partial charge in [0.25, 0.3) is 5.91 Å². The minimum Gasteiger partial charge on any atom is -0.486 e. The molecule has 3 amide bonds. The Morgan fingerprint density at radius 1 is 1.06 bits per heavy atom. The van der Waals surface area contributed by atoms with Crippen molar-refractivity contribution in [1.82, 2.24) is 5.32 Å². The van der Waals surface area contributed by atoms with Crippen LogP contribution in [0.3, 0.4) is 0 Å². The maximum Gasteiger partial charge on any atom is 0.340 e. The predicted molar refractivity (Wildman–Crippen MR) is 109 cm³/mol. The zero-order valence-corrected chi connectivity index (χ0v) is 17.7. The number of carbonyl (C=O) groups is 3. The number of rotatable bonds is 5. The van der Waals surface area contributed by atoms with Gasteiger partial charge in [-0.05, 0) is 30.3 Å². The van der Waals surface area contributed by atoms with E-state index in [9.17, 15) is 22.8 Å². The van der Waals surface area contributed by atoms with Crippen LogP contribution < -0.4 is 20.1 Å². The largest absolute Gasteiger partial charge is 0.486 e. The first kappa shape index (κ1) is 22.4. The molecule has 0 saturated carbocycles. The molecule has 12 heteroatoms. The number of esters is 1. The molecule has 0 aromatic heterocycles. The van der Waals surface area contributed by atoms with Crippen molar-refractivity contribution in [1.29, 1.82) is 0 Å². The van der Waals surface area contributed by atoms with Gasteiger partial charge in [-0.2, -0.15) is 0 Å². The lowest BCUT2D eigenvalue weighted by atomic mass is 10.2. The molecule has 0 spiro atoms. The molecule has 31 heavy (non-hydrogen) atoms. The summed E-state index contributed by atoms with van der Waals surface area (Å²) in [6.07, 6.45) is 0.971. The number of amides is 3. The highest BCUT2D eigenvalue weighted by Gasteiger charge is 2.19. The number of ether oxygens (including phenoxy) is 3. The Bertz CT molecular complexity index is 1150. The molecule has 10 nitrogen and oxygen atoms in total. The van der Waals surface area contributed by atoms with Crippen molar-refractivity contribution < 1.29 is 37.0 Å². The summed E-state index contributed by atoms with van der Waals surface area (Å²) in [5, 5.41) is 4.39. The second-order valence-electron chi connectivity index (χ2n) is 6.35. The molecule has 0 radical (unpaired) electrons. The third kappa shape index (κ3) is 5.86. The van der Waals surface area contributed by atoms with Gasteiger partial charge in [0, 0.05) is 18.0 Å². The molecule has 0 fully saturated rings. The summed E-state index contributed by atoms with van der Waals surface area (Å²) in [5.74, 6) is -0.923. The molecule has 2 N–H and O–H groups in total. The molecule has 1 heterocycles. The van der Waals surface area contributed by atoms with E-state index in [0.29, 0.717) is 30.4 Å². The van der Waals surface area contributed by atoms with Crippen LogP contribution in [0, 0.1) is 0 Å². The minimum absolute atomic E-state index is 0.0471. The fourth-order valence-electron chi connectivity index (χ4n) is 2.55. The number of halogens is 1. The normalized spacial score (nSPS) is 12.6. The van der Waals surface area contributed by atoms with Crippen molar-refractivity contribution in [3.8, 4) is 11.5 Å². The van der Waals surface area contributed by atoms with Crippen molar-refractivity contribution in [3.05, 3.63) is 47.0 Å². The van der Waals surface area contributed by atoms with Crippen molar-refractivity contribution in [2.75, 3.05) is 31.4 Å². The van der Waals surface area contributed by atoms with Crippen LogP contribution >= 0.6 is 11.6 Å². The Balaban J connectivity index is 1.54. The van der Waals surface area contributed by atoms with Gasteiger partial charge in [-0.1, -0.05) is 11.6 Å². The highest BCUT2D eigenvalue weighted by Crippen LogP contribution is 2.32. The van der Waals surface area contributed by atoms with Crippen LogP contribution in [0.4, 0.5) is 10.5 Å². The molecule has 2 aromatic carbocycles. The first-order chi connectivity index (χ1) is 14.6. The highest BCUT2D eigenvalue weighted by atomic mass is 35.5. The number of imide groups is 1. The van der Waals surface area contributed by atoms with Gasteiger partial charge in [0.05, 0.1) is 15.5 Å². The Morgan fingerprint density at radius 3 is 2.48 bits per heavy atom. The number of sulfone groups is 1. The van der Waals surface area contributed by atoms with Crippen LogP contribution in [0.5, 0.6) is 11.5 Å². The smallest absolute Gasteiger partial charge is 0.340 e. The third-order valence-corrected chi connectivity index (χ3v) is 5.41. The van der Waals surface area contributed by atoms with Crippen molar-refractivity contribution in [2.45, 2.75) is 4.90 Å². The molecule has 1 aliphatic heterocycles. The van der Waals surface area contributed by atoms with Gasteiger partial charge in [0.1, 0.15) is 13.2 Å². The molecule has 0 bridgehead atoms. The van der Waals surface area contributed by atoms with Crippen LogP contribution in [0.2, 0.25) is 5.02 Å². The Morgan fingerprint density at radius 2 is 1.77 bits per heavy atom. The number of anilines is 1. The summed E-state index contributed by atoms with van der Waals surface area (Å²) in [7, 11) is -3.57. The lowest BCUT2D eigenvalue weighted by Gasteiger charge is -2.19. The Hall–Kier alpha value is -3.31. The molecule has 0 atom stereocenters. The number of hydrogen-bond acceptors (Lipinski definition) is 8. The molecule has 2 aromatic rings. The molecule has 0 aliphatic carbocycles. The van der Waals surface area contributed by atoms with Gasteiger partial charge < -0.3 is 19.5 Å². The zero-order chi connectivity index (χ0) is 22.6. The van der Waals surface area contributed by atoms with E-state index in [-0.39, 0.29) is 15.5 Å². The average Bonchev–Trinajstić information content (AvgIpc) is 2.71. The number of urea groups is 1. The van der Waals surface area contributed by atoms with Crippen LogP contribution in [0.1, 0.15) is 10.4 Å². The summed E-state index contributed by atoms with van der Waals surface area (Å²) in [5.41, 5.74) is 0.133. The first-order valence-electron chi connectivity index (χ1n) is 8.81. The van der Waals surface area contributed by atoms with E-state index >= 15 is 0 Å². The van der Waals surface area contributed by atoms with E-state index in [2.05, 4.69) is 5.32 Å². The van der Waals surface area contributed by atoms with E-state index in [1.54, 1.807) is 12.1 Å². The number of fused-ring (bicyclic) bond motifs is 1.